The van der Waals surface area contributed by atoms with E-state index in [1.54, 1.807) is 23.9 Å². The SMILES string of the molecule is COc1ccc(-n2ccc(CNc3cccc(F)n3)n2)cc1. The average molecular weight is 298 g/mol. The number of pyridine rings is 1. The monoisotopic (exact) mass is 298 g/mol. The van der Waals surface area contributed by atoms with E-state index in [1.807, 2.05) is 36.5 Å². The molecular weight excluding hydrogens is 283 g/mol. The zero-order valence-electron chi connectivity index (χ0n) is 12.0. The van der Waals surface area contributed by atoms with Crippen LogP contribution >= 0.6 is 0 Å². The van der Waals surface area contributed by atoms with Crippen LogP contribution in [0.3, 0.4) is 0 Å². The second-order valence-corrected chi connectivity index (χ2v) is 4.65. The summed E-state index contributed by atoms with van der Waals surface area (Å²) in [7, 11) is 1.63. The molecule has 5 nitrogen and oxygen atoms in total. The predicted octanol–water partition coefficient (Wildman–Crippen LogP) is 3.03. The van der Waals surface area contributed by atoms with Gasteiger partial charge in [0.15, 0.2) is 0 Å². The van der Waals surface area contributed by atoms with Crippen molar-refractivity contribution in [1.82, 2.24) is 14.8 Å². The molecule has 0 aliphatic rings. The fourth-order valence-electron chi connectivity index (χ4n) is 2.02. The highest BCUT2D eigenvalue weighted by Gasteiger charge is 2.03. The Bertz CT molecular complexity index is 755. The van der Waals surface area contributed by atoms with Crippen LogP contribution in [0.15, 0.2) is 54.7 Å². The van der Waals surface area contributed by atoms with Gasteiger partial charge in [0.1, 0.15) is 11.6 Å². The van der Waals surface area contributed by atoms with Crippen LogP contribution in [-0.2, 0) is 6.54 Å². The molecule has 2 aromatic heterocycles. The highest BCUT2D eigenvalue weighted by molar-refractivity contribution is 5.37. The molecule has 0 aliphatic heterocycles. The van der Waals surface area contributed by atoms with Gasteiger partial charge in [-0.1, -0.05) is 6.07 Å². The highest BCUT2D eigenvalue weighted by atomic mass is 19.1. The largest absolute Gasteiger partial charge is 0.497 e. The van der Waals surface area contributed by atoms with Gasteiger partial charge in [-0.2, -0.15) is 9.49 Å². The Morgan fingerprint density at radius 1 is 1.14 bits per heavy atom. The lowest BCUT2D eigenvalue weighted by atomic mass is 10.3. The van der Waals surface area contributed by atoms with E-state index in [2.05, 4.69) is 15.4 Å². The van der Waals surface area contributed by atoms with Gasteiger partial charge in [-0.25, -0.2) is 9.67 Å². The molecule has 0 amide bonds. The number of nitrogens with one attached hydrogen (secondary N) is 1. The number of hydrogen-bond donors (Lipinski definition) is 1. The Morgan fingerprint density at radius 3 is 2.68 bits per heavy atom. The van der Waals surface area contributed by atoms with E-state index in [1.165, 1.54) is 6.07 Å². The Hall–Kier alpha value is -2.89. The van der Waals surface area contributed by atoms with Gasteiger partial charge in [0.05, 0.1) is 25.0 Å². The van der Waals surface area contributed by atoms with Crippen LogP contribution in [0.4, 0.5) is 10.2 Å². The molecule has 0 saturated heterocycles. The first-order valence-corrected chi connectivity index (χ1v) is 6.80. The van der Waals surface area contributed by atoms with Crippen molar-refractivity contribution in [3.05, 3.63) is 66.4 Å². The minimum atomic E-state index is -0.506. The van der Waals surface area contributed by atoms with Crippen molar-refractivity contribution in [2.45, 2.75) is 6.54 Å². The molecule has 6 heteroatoms. The van der Waals surface area contributed by atoms with Crippen molar-refractivity contribution in [2.75, 3.05) is 12.4 Å². The molecule has 1 aromatic carbocycles. The summed E-state index contributed by atoms with van der Waals surface area (Å²) in [5.74, 6) is 0.780. The molecule has 0 saturated carbocycles. The molecule has 3 aromatic rings. The standard InChI is InChI=1S/C16H15FN4O/c1-22-14-7-5-13(6-8-14)21-10-9-12(20-21)11-18-16-4-2-3-15(17)19-16/h2-10H,11H2,1H3,(H,18,19). The van der Waals surface area contributed by atoms with Crippen molar-refractivity contribution in [1.29, 1.82) is 0 Å². The summed E-state index contributed by atoms with van der Waals surface area (Å²) >= 11 is 0. The number of halogens is 1. The number of ether oxygens (including phenoxy) is 1. The highest BCUT2D eigenvalue weighted by Crippen LogP contribution is 2.15. The van der Waals surface area contributed by atoms with Crippen molar-refractivity contribution in [2.24, 2.45) is 0 Å². The summed E-state index contributed by atoms with van der Waals surface area (Å²) in [6.45, 7) is 0.472. The first-order valence-electron chi connectivity index (χ1n) is 6.80. The molecule has 0 bridgehead atoms. The molecule has 0 radical (unpaired) electrons. The molecule has 112 valence electrons. The first kappa shape index (κ1) is 14.1. The van der Waals surface area contributed by atoms with E-state index in [-0.39, 0.29) is 0 Å². The Morgan fingerprint density at radius 2 is 1.95 bits per heavy atom. The van der Waals surface area contributed by atoms with E-state index >= 15 is 0 Å². The molecular formula is C16H15FN4O. The van der Waals surface area contributed by atoms with Crippen LogP contribution in [0.25, 0.3) is 5.69 Å². The maximum atomic E-state index is 13.0. The van der Waals surface area contributed by atoms with Gasteiger partial charge in [0.25, 0.3) is 0 Å². The minimum Gasteiger partial charge on any atom is -0.497 e. The number of benzene rings is 1. The molecule has 0 spiro atoms. The lowest BCUT2D eigenvalue weighted by molar-refractivity contribution is 0.414. The molecule has 0 aliphatic carbocycles. The fourth-order valence-corrected chi connectivity index (χ4v) is 2.02. The van der Waals surface area contributed by atoms with Gasteiger partial charge in [-0.05, 0) is 42.5 Å². The van der Waals surface area contributed by atoms with Crippen molar-refractivity contribution >= 4 is 5.82 Å². The van der Waals surface area contributed by atoms with Gasteiger partial charge in [-0.3, -0.25) is 0 Å². The van der Waals surface area contributed by atoms with E-state index in [0.717, 1.165) is 17.1 Å². The van der Waals surface area contributed by atoms with Crippen LogP contribution in [0.2, 0.25) is 0 Å². The van der Waals surface area contributed by atoms with Crippen LogP contribution in [-0.4, -0.2) is 21.9 Å². The van der Waals surface area contributed by atoms with Gasteiger partial charge < -0.3 is 10.1 Å². The summed E-state index contributed by atoms with van der Waals surface area (Å²) in [4.78, 5) is 3.75. The van der Waals surface area contributed by atoms with Crippen LogP contribution in [0.5, 0.6) is 5.75 Å². The molecule has 0 unspecified atom stereocenters. The van der Waals surface area contributed by atoms with Crippen molar-refractivity contribution in [3.8, 4) is 11.4 Å². The normalized spacial score (nSPS) is 10.5. The van der Waals surface area contributed by atoms with Crippen molar-refractivity contribution < 1.29 is 9.13 Å². The summed E-state index contributed by atoms with van der Waals surface area (Å²) in [6.07, 6.45) is 1.87. The molecule has 1 N–H and O–H groups in total. The maximum Gasteiger partial charge on any atom is 0.214 e. The number of hydrogen-bond acceptors (Lipinski definition) is 4. The number of methoxy groups -OCH3 is 1. The van der Waals surface area contributed by atoms with Gasteiger partial charge in [0.2, 0.25) is 5.95 Å². The summed E-state index contributed by atoms with van der Waals surface area (Å²) in [6, 6.07) is 14.1. The Balaban J connectivity index is 1.68. The Kier molecular flexibility index (Phi) is 4.00. The van der Waals surface area contributed by atoms with Crippen LogP contribution in [0, 0.1) is 5.95 Å². The summed E-state index contributed by atoms with van der Waals surface area (Å²) in [5.41, 5.74) is 1.78. The minimum absolute atomic E-state index is 0.472. The van der Waals surface area contributed by atoms with E-state index in [4.69, 9.17) is 4.74 Å². The zero-order valence-corrected chi connectivity index (χ0v) is 12.0. The third-order valence-corrected chi connectivity index (χ3v) is 3.15. The number of anilines is 1. The van der Waals surface area contributed by atoms with Crippen LogP contribution in [0.1, 0.15) is 5.69 Å². The van der Waals surface area contributed by atoms with Gasteiger partial charge >= 0.3 is 0 Å². The van der Waals surface area contributed by atoms with E-state index in [0.29, 0.717) is 12.4 Å². The fraction of sp³-hybridized carbons (Fsp3) is 0.125. The quantitative estimate of drug-likeness (QED) is 0.736. The van der Waals surface area contributed by atoms with E-state index in [9.17, 15) is 4.39 Å². The molecule has 22 heavy (non-hydrogen) atoms. The predicted molar refractivity (Wildman–Crippen MR) is 81.6 cm³/mol. The molecule has 3 rings (SSSR count). The molecule has 0 atom stereocenters. The third kappa shape index (κ3) is 3.22. The molecule has 2 heterocycles. The van der Waals surface area contributed by atoms with Crippen molar-refractivity contribution in [3.63, 3.8) is 0 Å². The lowest BCUT2D eigenvalue weighted by Crippen LogP contribution is -2.04. The smallest absolute Gasteiger partial charge is 0.214 e. The number of rotatable bonds is 5. The average Bonchev–Trinajstić information content (AvgIpc) is 3.02. The lowest BCUT2D eigenvalue weighted by Gasteiger charge is -2.04. The number of nitrogens with zero attached hydrogens (tertiary/aromatic N) is 3. The number of aromatic nitrogens is 3. The third-order valence-electron chi connectivity index (χ3n) is 3.15. The maximum absolute atomic E-state index is 13.0. The second kappa shape index (κ2) is 6.26. The van der Waals surface area contributed by atoms with Gasteiger partial charge in [0, 0.05) is 6.20 Å². The van der Waals surface area contributed by atoms with E-state index < -0.39 is 5.95 Å². The first-order chi connectivity index (χ1) is 10.7. The summed E-state index contributed by atoms with van der Waals surface area (Å²) < 4.78 is 19.9. The Labute approximate surface area is 127 Å². The summed E-state index contributed by atoms with van der Waals surface area (Å²) in [5, 5.41) is 7.50. The zero-order chi connectivity index (χ0) is 15.4. The van der Waals surface area contributed by atoms with Gasteiger partial charge in [-0.15, -0.1) is 0 Å². The second-order valence-electron chi connectivity index (χ2n) is 4.65. The molecule has 0 fully saturated rings. The van der Waals surface area contributed by atoms with Crippen LogP contribution < -0.4 is 10.1 Å². The topological polar surface area (TPSA) is 52.0 Å².